The molecule has 0 bridgehead atoms. The standard InChI is InChI=1S/C23H22N4O3S2/c28-23(24-13-11-19-12-14-27(26-19)20-7-2-1-3-8-20)18-6-4-10-22(16-18)32(29,30)25-17-21-9-5-15-31-21/h1-10,12,14-16,25H,11,13,17H2,(H,24,28). The molecule has 0 radical (unpaired) electrons. The summed E-state index contributed by atoms with van der Waals surface area (Å²) in [5.74, 6) is -0.331. The number of thiophene rings is 1. The van der Waals surface area contributed by atoms with Gasteiger partial charge in [0.25, 0.3) is 5.91 Å². The lowest BCUT2D eigenvalue weighted by Gasteiger charge is -2.08. The highest BCUT2D eigenvalue weighted by atomic mass is 32.2. The fourth-order valence-electron chi connectivity index (χ4n) is 3.09. The van der Waals surface area contributed by atoms with E-state index in [1.807, 2.05) is 60.1 Å². The molecular weight excluding hydrogens is 444 g/mol. The van der Waals surface area contributed by atoms with Gasteiger partial charge in [0, 0.05) is 36.1 Å². The van der Waals surface area contributed by atoms with Crippen molar-refractivity contribution in [2.45, 2.75) is 17.9 Å². The summed E-state index contributed by atoms with van der Waals surface area (Å²) in [6, 6.07) is 21.4. The van der Waals surface area contributed by atoms with Gasteiger partial charge in [-0.15, -0.1) is 11.3 Å². The summed E-state index contributed by atoms with van der Waals surface area (Å²) in [4.78, 5) is 13.5. The molecule has 32 heavy (non-hydrogen) atoms. The predicted molar refractivity (Wildman–Crippen MR) is 124 cm³/mol. The Morgan fingerprint density at radius 2 is 1.84 bits per heavy atom. The lowest BCUT2D eigenvalue weighted by molar-refractivity contribution is 0.0954. The second-order valence-corrected chi connectivity index (χ2v) is 9.82. The van der Waals surface area contributed by atoms with Gasteiger partial charge in [0.1, 0.15) is 0 Å². The van der Waals surface area contributed by atoms with Gasteiger partial charge in [0.2, 0.25) is 10.0 Å². The van der Waals surface area contributed by atoms with Crippen molar-refractivity contribution in [2.75, 3.05) is 6.54 Å². The minimum Gasteiger partial charge on any atom is -0.352 e. The molecule has 0 aliphatic heterocycles. The van der Waals surface area contributed by atoms with Crippen LogP contribution in [0.2, 0.25) is 0 Å². The Hall–Kier alpha value is -3.27. The van der Waals surface area contributed by atoms with Gasteiger partial charge in [-0.25, -0.2) is 17.8 Å². The van der Waals surface area contributed by atoms with Crippen molar-refractivity contribution in [3.63, 3.8) is 0 Å². The van der Waals surface area contributed by atoms with Crippen molar-refractivity contribution in [2.24, 2.45) is 0 Å². The summed E-state index contributed by atoms with van der Waals surface area (Å²) in [6.07, 6.45) is 2.44. The van der Waals surface area contributed by atoms with E-state index in [1.165, 1.54) is 23.5 Å². The minimum atomic E-state index is -3.72. The summed E-state index contributed by atoms with van der Waals surface area (Å²) < 4.78 is 29.5. The molecule has 0 aliphatic rings. The van der Waals surface area contributed by atoms with Crippen molar-refractivity contribution >= 4 is 27.3 Å². The lowest BCUT2D eigenvalue weighted by Crippen LogP contribution is -2.27. The van der Waals surface area contributed by atoms with Crippen LogP contribution in [-0.2, 0) is 23.0 Å². The Morgan fingerprint density at radius 3 is 2.62 bits per heavy atom. The first-order valence-electron chi connectivity index (χ1n) is 10.0. The molecule has 7 nitrogen and oxygen atoms in total. The molecule has 0 saturated carbocycles. The van der Waals surface area contributed by atoms with Gasteiger partial charge >= 0.3 is 0 Å². The molecule has 2 heterocycles. The molecule has 0 fully saturated rings. The minimum absolute atomic E-state index is 0.0586. The van der Waals surface area contributed by atoms with Gasteiger partial charge in [0.05, 0.1) is 16.3 Å². The molecule has 0 unspecified atom stereocenters. The summed E-state index contributed by atoms with van der Waals surface area (Å²) in [6.45, 7) is 0.601. The molecular formula is C23H22N4O3S2. The zero-order valence-electron chi connectivity index (χ0n) is 17.1. The van der Waals surface area contributed by atoms with Crippen LogP contribution < -0.4 is 10.0 Å². The Balaban J connectivity index is 1.33. The van der Waals surface area contributed by atoms with Crippen LogP contribution in [0.15, 0.2) is 89.3 Å². The Kier molecular flexibility index (Phi) is 6.79. The molecule has 9 heteroatoms. The smallest absolute Gasteiger partial charge is 0.251 e. The van der Waals surface area contributed by atoms with Crippen LogP contribution in [-0.4, -0.2) is 30.7 Å². The highest BCUT2D eigenvalue weighted by molar-refractivity contribution is 7.89. The van der Waals surface area contributed by atoms with E-state index in [0.717, 1.165) is 16.3 Å². The quantitative estimate of drug-likeness (QED) is 0.395. The molecule has 1 amide bonds. The maximum atomic E-state index is 12.6. The monoisotopic (exact) mass is 466 g/mol. The van der Waals surface area contributed by atoms with Gasteiger partial charge < -0.3 is 5.32 Å². The van der Waals surface area contributed by atoms with Gasteiger partial charge in [-0.1, -0.05) is 30.3 Å². The number of amides is 1. The third kappa shape index (κ3) is 5.50. The number of para-hydroxylation sites is 1. The summed E-state index contributed by atoms with van der Waals surface area (Å²) in [5, 5.41) is 9.23. The van der Waals surface area contributed by atoms with Crippen molar-refractivity contribution < 1.29 is 13.2 Å². The van der Waals surface area contributed by atoms with E-state index >= 15 is 0 Å². The number of hydrogen-bond acceptors (Lipinski definition) is 5. The summed E-state index contributed by atoms with van der Waals surface area (Å²) in [5.41, 5.74) is 2.11. The molecule has 0 spiro atoms. The lowest BCUT2D eigenvalue weighted by atomic mass is 10.2. The number of nitrogens with one attached hydrogen (secondary N) is 2. The highest BCUT2D eigenvalue weighted by Gasteiger charge is 2.16. The number of aromatic nitrogens is 2. The van der Waals surface area contributed by atoms with E-state index in [4.69, 9.17) is 0 Å². The van der Waals surface area contributed by atoms with Crippen LogP contribution in [0.3, 0.4) is 0 Å². The molecule has 0 aliphatic carbocycles. The zero-order valence-corrected chi connectivity index (χ0v) is 18.8. The van der Waals surface area contributed by atoms with Crippen molar-refractivity contribution in [1.82, 2.24) is 19.8 Å². The van der Waals surface area contributed by atoms with Crippen LogP contribution in [0.1, 0.15) is 20.9 Å². The van der Waals surface area contributed by atoms with E-state index in [-0.39, 0.29) is 17.3 Å². The van der Waals surface area contributed by atoms with E-state index < -0.39 is 10.0 Å². The average Bonchev–Trinajstić information content (AvgIpc) is 3.51. The first-order valence-corrected chi connectivity index (χ1v) is 12.4. The van der Waals surface area contributed by atoms with E-state index in [1.54, 1.807) is 16.8 Å². The van der Waals surface area contributed by atoms with Gasteiger partial charge in [-0.05, 0) is 47.8 Å². The average molecular weight is 467 g/mol. The van der Waals surface area contributed by atoms with Crippen molar-refractivity contribution in [3.8, 4) is 5.69 Å². The molecule has 4 rings (SSSR count). The second kappa shape index (κ2) is 9.90. The van der Waals surface area contributed by atoms with E-state index in [2.05, 4.69) is 15.1 Å². The number of nitrogens with zero attached hydrogens (tertiary/aromatic N) is 2. The number of sulfonamides is 1. The normalized spacial score (nSPS) is 11.4. The number of carbonyl (C=O) groups excluding carboxylic acids is 1. The third-order valence-corrected chi connectivity index (χ3v) is 7.03. The van der Waals surface area contributed by atoms with Gasteiger partial charge in [0.15, 0.2) is 0 Å². The zero-order chi connectivity index (χ0) is 22.4. The first kappa shape index (κ1) is 21.9. The third-order valence-electron chi connectivity index (χ3n) is 4.75. The highest BCUT2D eigenvalue weighted by Crippen LogP contribution is 2.14. The Morgan fingerprint density at radius 1 is 1.00 bits per heavy atom. The van der Waals surface area contributed by atoms with Crippen molar-refractivity contribution in [1.29, 1.82) is 0 Å². The predicted octanol–water partition coefficient (Wildman–Crippen LogP) is 3.38. The van der Waals surface area contributed by atoms with Gasteiger partial charge in [-0.3, -0.25) is 4.79 Å². The molecule has 2 aromatic heterocycles. The SMILES string of the molecule is O=C(NCCc1ccn(-c2ccccc2)n1)c1cccc(S(=O)(=O)NCc2cccs2)c1. The van der Waals surface area contributed by atoms with Crippen LogP contribution >= 0.6 is 11.3 Å². The largest absolute Gasteiger partial charge is 0.352 e. The van der Waals surface area contributed by atoms with E-state index in [0.29, 0.717) is 18.5 Å². The molecule has 4 aromatic rings. The Bertz CT molecular complexity index is 1280. The Labute approximate surface area is 190 Å². The van der Waals surface area contributed by atoms with Crippen LogP contribution in [0.5, 0.6) is 0 Å². The molecule has 2 N–H and O–H groups in total. The number of hydrogen-bond donors (Lipinski definition) is 2. The maximum absolute atomic E-state index is 12.6. The maximum Gasteiger partial charge on any atom is 0.251 e. The van der Waals surface area contributed by atoms with Crippen LogP contribution in [0.25, 0.3) is 5.69 Å². The molecule has 0 saturated heterocycles. The van der Waals surface area contributed by atoms with Crippen LogP contribution in [0, 0.1) is 0 Å². The van der Waals surface area contributed by atoms with E-state index in [9.17, 15) is 13.2 Å². The molecule has 0 atom stereocenters. The number of rotatable bonds is 9. The number of benzene rings is 2. The fourth-order valence-corrected chi connectivity index (χ4v) is 4.88. The first-order chi connectivity index (χ1) is 15.5. The topological polar surface area (TPSA) is 93.1 Å². The summed E-state index contributed by atoms with van der Waals surface area (Å²) >= 11 is 1.48. The summed E-state index contributed by atoms with van der Waals surface area (Å²) in [7, 11) is -3.72. The van der Waals surface area contributed by atoms with Crippen molar-refractivity contribution in [3.05, 3.63) is 101 Å². The molecule has 2 aromatic carbocycles. The second-order valence-electron chi connectivity index (χ2n) is 7.02. The fraction of sp³-hybridized carbons (Fsp3) is 0.130. The molecule has 164 valence electrons. The van der Waals surface area contributed by atoms with Gasteiger partial charge in [-0.2, -0.15) is 5.10 Å². The number of carbonyl (C=O) groups is 1. The van der Waals surface area contributed by atoms with Crippen LogP contribution in [0.4, 0.5) is 0 Å².